The maximum Gasteiger partial charge on any atom is 0.0752 e. The average molecular weight is 126 g/mol. The van der Waals surface area contributed by atoms with Crippen molar-refractivity contribution in [1.29, 1.82) is 0 Å². The predicted octanol–water partition coefficient (Wildman–Crippen LogP) is 1.99. The lowest BCUT2D eigenvalue weighted by atomic mass is 9.96. The van der Waals surface area contributed by atoms with Crippen LogP contribution in [0.3, 0.4) is 0 Å². The fraction of sp³-hybridized carbons (Fsp3) is 0.750. The molecule has 0 radical (unpaired) electrons. The second-order valence-corrected chi connectivity index (χ2v) is 2.71. The Hall–Kier alpha value is -0.300. The zero-order valence-corrected chi connectivity index (χ0v) is 6.13. The van der Waals surface area contributed by atoms with E-state index in [4.69, 9.17) is 4.74 Å². The molecule has 0 heterocycles. The lowest BCUT2D eigenvalue weighted by Gasteiger charge is -2.18. The smallest absolute Gasteiger partial charge is 0.0752 e. The molecule has 0 fully saturated rings. The zero-order chi connectivity index (χ0) is 6.69. The Balaban J connectivity index is 2.38. The average Bonchev–Trinajstić information content (AvgIpc) is 1.90. The van der Waals surface area contributed by atoms with Gasteiger partial charge in [0.25, 0.3) is 0 Å². The van der Waals surface area contributed by atoms with Crippen LogP contribution >= 0.6 is 0 Å². The number of hydrogen-bond acceptors (Lipinski definition) is 1. The van der Waals surface area contributed by atoms with E-state index >= 15 is 0 Å². The van der Waals surface area contributed by atoms with Crippen LogP contribution in [0.4, 0.5) is 0 Å². The number of hydrogen-bond donors (Lipinski definition) is 0. The van der Waals surface area contributed by atoms with Gasteiger partial charge in [-0.05, 0) is 18.8 Å². The van der Waals surface area contributed by atoms with Crippen LogP contribution in [0.25, 0.3) is 0 Å². The largest absolute Gasteiger partial charge is 0.377 e. The minimum absolute atomic E-state index is 0.390. The number of ether oxygens (including phenoxy) is 1. The van der Waals surface area contributed by atoms with Crippen molar-refractivity contribution in [2.75, 3.05) is 7.11 Å². The molecule has 0 aromatic carbocycles. The minimum Gasteiger partial charge on any atom is -0.377 e. The van der Waals surface area contributed by atoms with Gasteiger partial charge in [0.05, 0.1) is 6.10 Å². The highest BCUT2D eigenvalue weighted by Crippen LogP contribution is 2.17. The fourth-order valence-electron chi connectivity index (χ4n) is 1.13. The Morgan fingerprint density at radius 3 is 2.56 bits per heavy atom. The van der Waals surface area contributed by atoms with Crippen molar-refractivity contribution in [3.63, 3.8) is 0 Å². The summed E-state index contributed by atoms with van der Waals surface area (Å²) in [6.45, 7) is 2.24. The first kappa shape index (κ1) is 6.81. The van der Waals surface area contributed by atoms with Crippen LogP contribution in [0.15, 0.2) is 12.2 Å². The molecule has 0 spiro atoms. The molecule has 1 heteroatoms. The fourth-order valence-corrected chi connectivity index (χ4v) is 1.13. The molecule has 9 heavy (non-hydrogen) atoms. The summed E-state index contributed by atoms with van der Waals surface area (Å²) < 4.78 is 5.15. The van der Waals surface area contributed by atoms with Crippen LogP contribution in [0.5, 0.6) is 0 Å². The molecular formula is C8H14O. The molecule has 2 atom stereocenters. The summed E-state index contributed by atoms with van der Waals surface area (Å²) in [6, 6.07) is 0. The topological polar surface area (TPSA) is 9.23 Å². The molecule has 0 N–H and O–H groups in total. The maximum absolute atomic E-state index is 5.15. The van der Waals surface area contributed by atoms with Crippen molar-refractivity contribution in [2.24, 2.45) is 5.92 Å². The number of methoxy groups -OCH3 is 1. The summed E-state index contributed by atoms with van der Waals surface area (Å²) in [5.74, 6) is 0.761. The molecular weight excluding hydrogens is 112 g/mol. The first-order valence-electron chi connectivity index (χ1n) is 3.54. The van der Waals surface area contributed by atoms with Crippen molar-refractivity contribution in [3.05, 3.63) is 12.2 Å². The summed E-state index contributed by atoms with van der Waals surface area (Å²) in [5, 5.41) is 0. The molecule has 0 aromatic heterocycles. The third-order valence-corrected chi connectivity index (χ3v) is 1.86. The Morgan fingerprint density at radius 2 is 2.11 bits per heavy atom. The van der Waals surface area contributed by atoms with Gasteiger partial charge >= 0.3 is 0 Å². The van der Waals surface area contributed by atoms with Crippen molar-refractivity contribution < 1.29 is 4.74 Å². The van der Waals surface area contributed by atoms with E-state index < -0.39 is 0 Å². The van der Waals surface area contributed by atoms with Crippen LogP contribution in [-0.4, -0.2) is 13.2 Å². The first-order chi connectivity index (χ1) is 4.33. The van der Waals surface area contributed by atoms with Crippen molar-refractivity contribution >= 4 is 0 Å². The molecule has 0 aromatic rings. The SMILES string of the molecule is COC1C=C[C@@H](C)CC1. The van der Waals surface area contributed by atoms with Crippen molar-refractivity contribution in [1.82, 2.24) is 0 Å². The van der Waals surface area contributed by atoms with Gasteiger partial charge in [-0.2, -0.15) is 0 Å². The Bertz CT molecular complexity index is 107. The molecule has 0 saturated carbocycles. The van der Waals surface area contributed by atoms with E-state index in [2.05, 4.69) is 19.1 Å². The van der Waals surface area contributed by atoms with Gasteiger partial charge in [-0.25, -0.2) is 0 Å². The van der Waals surface area contributed by atoms with Gasteiger partial charge in [0.2, 0.25) is 0 Å². The van der Waals surface area contributed by atoms with Gasteiger partial charge in [0, 0.05) is 7.11 Å². The van der Waals surface area contributed by atoms with Gasteiger partial charge in [-0.1, -0.05) is 19.1 Å². The quantitative estimate of drug-likeness (QED) is 0.488. The van der Waals surface area contributed by atoms with E-state index in [1.807, 2.05) is 0 Å². The van der Waals surface area contributed by atoms with E-state index in [9.17, 15) is 0 Å². The van der Waals surface area contributed by atoms with Crippen LogP contribution < -0.4 is 0 Å². The summed E-state index contributed by atoms with van der Waals surface area (Å²) in [6.07, 6.45) is 7.25. The first-order valence-corrected chi connectivity index (χ1v) is 3.54. The van der Waals surface area contributed by atoms with E-state index in [0.29, 0.717) is 6.10 Å². The predicted molar refractivity (Wildman–Crippen MR) is 38.3 cm³/mol. The maximum atomic E-state index is 5.15. The van der Waals surface area contributed by atoms with E-state index in [0.717, 1.165) is 5.92 Å². The highest BCUT2D eigenvalue weighted by molar-refractivity contribution is 4.97. The van der Waals surface area contributed by atoms with Crippen LogP contribution in [0.1, 0.15) is 19.8 Å². The molecule has 1 aliphatic rings. The monoisotopic (exact) mass is 126 g/mol. The lowest BCUT2D eigenvalue weighted by Crippen LogP contribution is -2.12. The molecule has 0 saturated heterocycles. The molecule has 1 rings (SSSR count). The van der Waals surface area contributed by atoms with E-state index in [1.165, 1.54) is 12.8 Å². The normalized spacial score (nSPS) is 34.9. The molecule has 0 aliphatic heterocycles. The molecule has 0 bridgehead atoms. The van der Waals surface area contributed by atoms with Crippen molar-refractivity contribution in [3.8, 4) is 0 Å². The molecule has 1 unspecified atom stereocenters. The molecule has 1 aliphatic carbocycles. The standard InChI is InChI=1S/C8H14O/c1-7-3-5-8(9-2)6-4-7/h3,5,7-8H,4,6H2,1-2H3/t7-,8?/m1/s1. The molecule has 0 amide bonds. The van der Waals surface area contributed by atoms with Gasteiger partial charge in [0.15, 0.2) is 0 Å². The Labute approximate surface area is 56.7 Å². The Kier molecular flexibility index (Phi) is 2.29. The second kappa shape index (κ2) is 3.02. The third kappa shape index (κ3) is 1.83. The molecule has 52 valence electrons. The summed E-state index contributed by atoms with van der Waals surface area (Å²) in [5.41, 5.74) is 0. The van der Waals surface area contributed by atoms with Crippen LogP contribution in [0.2, 0.25) is 0 Å². The lowest BCUT2D eigenvalue weighted by molar-refractivity contribution is 0.123. The molecule has 1 nitrogen and oxygen atoms in total. The number of allylic oxidation sites excluding steroid dienone is 1. The van der Waals surface area contributed by atoms with E-state index in [1.54, 1.807) is 7.11 Å². The number of rotatable bonds is 1. The Morgan fingerprint density at radius 1 is 1.33 bits per heavy atom. The van der Waals surface area contributed by atoms with Gasteiger partial charge in [-0.3, -0.25) is 0 Å². The zero-order valence-electron chi connectivity index (χ0n) is 6.13. The highest BCUT2D eigenvalue weighted by atomic mass is 16.5. The van der Waals surface area contributed by atoms with Gasteiger partial charge < -0.3 is 4.74 Å². The van der Waals surface area contributed by atoms with Crippen molar-refractivity contribution in [2.45, 2.75) is 25.9 Å². The van der Waals surface area contributed by atoms with Gasteiger partial charge in [0.1, 0.15) is 0 Å². The van der Waals surface area contributed by atoms with Crippen LogP contribution in [0, 0.1) is 5.92 Å². The summed E-state index contributed by atoms with van der Waals surface area (Å²) >= 11 is 0. The highest BCUT2D eigenvalue weighted by Gasteiger charge is 2.10. The van der Waals surface area contributed by atoms with Crippen LogP contribution in [-0.2, 0) is 4.74 Å². The second-order valence-electron chi connectivity index (χ2n) is 2.71. The summed E-state index contributed by atoms with van der Waals surface area (Å²) in [7, 11) is 1.77. The summed E-state index contributed by atoms with van der Waals surface area (Å²) in [4.78, 5) is 0. The van der Waals surface area contributed by atoms with Gasteiger partial charge in [-0.15, -0.1) is 0 Å². The third-order valence-electron chi connectivity index (χ3n) is 1.86. The minimum atomic E-state index is 0.390. The van der Waals surface area contributed by atoms with E-state index in [-0.39, 0.29) is 0 Å².